The number of likely N-dealkylation sites (tertiary alicyclic amines) is 1. The van der Waals surface area contributed by atoms with E-state index in [-0.39, 0.29) is 54.1 Å². The molecule has 2 N–H and O–H groups in total. The van der Waals surface area contributed by atoms with Crippen LogP contribution >= 0.6 is 0 Å². The maximum Gasteiger partial charge on any atom is 0.387 e. The first-order chi connectivity index (χ1) is 17.7. The van der Waals surface area contributed by atoms with E-state index in [9.17, 15) is 23.2 Å². The highest BCUT2D eigenvalue weighted by molar-refractivity contribution is 5.88. The largest absolute Gasteiger partial charge is 0.487 e. The number of rotatable bonds is 9. The van der Waals surface area contributed by atoms with E-state index in [1.54, 1.807) is 18.2 Å². The zero-order valence-corrected chi connectivity index (χ0v) is 20.4. The first kappa shape index (κ1) is 26.3. The minimum absolute atomic E-state index is 0.00586. The molecule has 1 aromatic heterocycles. The van der Waals surface area contributed by atoms with Crippen LogP contribution in [0.5, 0.6) is 11.5 Å². The van der Waals surface area contributed by atoms with Crippen molar-refractivity contribution in [1.29, 1.82) is 0 Å². The molecule has 2 amide bonds. The number of carbonyl (C=O) groups excluding carboxylic acids is 2. The fraction of sp³-hybridized carbons (Fsp3) is 0.462. The Bertz CT molecular complexity index is 1150. The number of hydrogen-bond acceptors (Lipinski definition) is 6. The number of pyridine rings is 1. The Morgan fingerprint density at radius 3 is 2.59 bits per heavy atom. The normalized spacial score (nSPS) is 19.7. The molecule has 1 aromatic carbocycles. The third-order valence-corrected chi connectivity index (χ3v) is 6.73. The van der Waals surface area contributed by atoms with E-state index in [0.29, 0.717) is 12.1 Å². The average molecular weight is 518 g/mol. The van der Waals surface area contributed by atoms with Crippen molar-refractivity contribution in [1.82, 2.24) is 15.2 Å². The molecule has 2 aliphatic rings. The Morgan fingerprint density at radius 1 is 1.16 bits per heavy atom. The van der Waals surface area contributed by atoms with Gasteiger partial charge in [-0.25, -0.2) is 9.78 Å². The molecule has 9 nitrogen and oxygen atoms in total. The average Bonchev–Trinajstić information content (AvgIpc) is 3.54. The van der Waals surface area contributed by atoms with Gasteiger partial charge in [-0.05, 0) is 61.9 Å². The van der Waals surface area contributed by atoms with Gasteiger partial charge in [0, 0.05) is 19.4 Å². The number of carbonyl (C=O) groups is 3. The fourth-order valence-corrected chi connectivity index (χ4v) is 4.92. The summed E-state index contributed by atoms with van der Waals surface area (Å²) in [6.45, 7) is -1.33. The maximum atomic E-state index is 13.0. The van der Waals surface area contributed by atoms with Gasteiger partial charge in [-0.3, -0.25) is 9.59 Å². The summed E-state index contributed by atoms with van der Waals surface area (Å²) in [5.41, 5.74) is 1.00. The molecule has 1 aliphatic heterocycles. The molecule has 1 aliphatic carbocycles. The van der Waals surface area contributed by atoms with E-state index in [4.69, 9.17) is 9.84 Å². The highest BCUT2D eigenvalue weighted by atomic mass is 19.3. The van der Waals surface area contributed by atoms with Gasteiger partial charge in [-0.1, -0.05) is 12.1 Å². The molecule has 4 rings (SSSR count). The van der Waals surface area contributed by atoms with Gasteiger partial charge in [-0.15, -0.1) is 0 Å². The van der Waals surface area contributed by atoms with Crippen LogP contribution in [-0.4, -0.2) is 58.1 Å². The molecule has 2 heterocycles. The summed E-state index contributed by atoms with van der Waals surface area (Å²) in [6, 6.07) is 8.51. The molecular weight excluding hydrogens is 488 g/mol. The zero-order valence-electron chi connectivity index (χ0n) is 20.4. The number of aromatic carboxylic acids is 1. The number of ether oxygens (including phenoxy) is 2. The Labute approximate surface area is 212 Å². The van der Waals surface area contributed by atoms with E-state index in [1.807, 2.05) is 0 Å². The van der Waals surface area contributed by atoms with Crippen molar-refractivity contribution in [3.63, 3.8) is 0 Å². The summed E-state index contributed by atoms with van der Waals surface area (Å²) in [4.78, 5) is 42.0. The van der Waals surface area contributed by atoms with Gasteiger partial charge in [0.1, 0.15) is 11.7 Å². The maximum absolute atomic E-state index is 13.0. The quantitative estimate of drug-likeness (QED) is 0.521. The van der Waals surface area contributed by atoms with Gasteiger partial charge >= 0.3 is 12.6 Å². The van der Waals surface area contributed by atoms with Crippen LogP contribution in [0.2, 0.25) is 0 Å². The SMILES string of the molecule is CC(=O)N1CC(c2ccc(OC(F)F)c(OC3CCCC3)c2)C[C@@H]1C(=O)NCc1cccc(C(=O)O)n1. The lowest BCUT2D eigenvalue weighted by Gasteiger charge is -2.22. The van der Waals surface area contributed by atoms with Crippen LogP contribution in [0.1, 0.15) is 66.7 Å². The van der Waals surface area contributed by atoms with Crippen molar-refractivity contribution in [2.75, 3.05) is 6.54 Å². The summed E-state index contributed by atoms with van der Waals surface area (Å²) < 4.78 is 36.6. The highest BCUT2D eigenvalue weighted by Gasteiger charge is 2.39. The van der Waals surface area contributed by atoms with Gasteiger partial charge in [0.15, 0.2) is 11.5 Å². The number of nitrogens with one attached hydrogen (secondary N) is 1. The summed E-state index contributed by atoms with van der Waals surface area (Å²) in [7, 11) is 0. The Kier molecular flexibility index (Phi) is 8.20. The molecule has 1 saturated carbocycles. The molecule has 0 radical (unpaired) electrons. The Morgan fingerprint density at radius 2 is 1.92 bits per heavy atom. The lowest BCUT2D eigenvalue weighted by molar-refractivity contribution is -0.136. The number of halogens is 2. The third kappa shape index (κ3) is 6.52. The van der Waals surface area contributed by atoms with E-state index < -0.39 is 18.6 Å². The van der Waals surface area contributed by atoms with Crippen LogP contribution < -0.4 is 14.8 Å². The van der Waals surface area contributed by atoms with Gasteiger partial charge in [0.2, 0.25) is 11.8 Å². The summed E-state index contributed by atoms with van der Waals surface area (Å²) in [6.07, 6.45) is 3.96. The Balaban J connectivity index is 1.49. The molecule has 1 saturated heterocycles. The zero-order chi connectivity index (χ0) is 26.5. The summed E-state index contributed by atoms with van der Waals surface area (Å²) in [5, 5.41) is 11.8. The second kappa shape index (κ2) is 11.5. The second-order valence-corrected chi connectivity index (χ2v) is 9.27. The number of alkyl halides is 2. The monoisotopic (exact) mass is 517 g/mol. The number of aromatic nitrogens is 1. The lowest BCUT2D eigenvalue weighted by atomic mass is 9.95. The molecule has 37 heavy (non-hydrogen) atoms. The van der Waals surface area contributed by atoms with Crippen LogP contribution in [-0.2, 0) is 16.1 Å². The van der Waals surface area contributed by atoms with Gasteiger partial charge in [0.05, 0.1) is 18.3 Å². The highest BCUT2D eigenvalue weighted by Crippen LogP contribution is 2.39. The molecule has 2 atom stereocenters. The fourth-order valence-electron chi connectivity index (χ4n) is 4.92. The number of amides is 2. The van der Waals surface area contributed by atoms with Crippen molar-refractivity contribution in [3.05, 3.63) is 53.3 Å². The predicted octanol–water partition coefficient (Wildman–Crippen LogP) is 3.72. The number of nitrogens with zero attached hydrogens (tertiary/aromatic N) is 2. The smallest absolute Gasteiger partial charge is 0.387 e. The minimum atomic E-state index is -2.99. The molecule has 2 fully saturated rings. The van der Waals surface area contributed by atoms with Crippen LogP contribution in [0, 0.1) is 0 Å². The third-order valence-electron chi connectivity index (χ3n) is 6.73. The number of carboxylic acids is 1. The van der Waals surface area contributed by atoms with Crippen LogP contribution in [0.4, 0.5) is 8.78 Å². The number of carboxylic acid groups (broad SMARTS) is 1. The van der Waals surface area contributed by atoms with Gasteiger partial charge in [-0.2, -0.15) is 8.78 Å². The second-order valence-electron chi connectivity index (χ2n) is 9.27. The molecule has 0 bridgehead atoms. The molecular formula is C26H29F2N3O6. The number of hydrogen-bond donors (Lipinski definition) is 2. The first-order valence-electron chi connectivity index (χ1n) is 12.2. The molecule has 2 aromatic rings. The van der Waals surface area contributed by atoms with Crippen molar-refractivity contribution < 1.29 is 37.7 Å². The van der Waals surface area contributed by atoms with Gasteiger partial charge in [0.25, 0.3) is 0 Å². The van der Waals surface area contributed by atoms with Crippen LogP contribution in [0.25, 0.3) is 0 Å². The number of benzene rings is 1. The summed E-state index contributed by atoms with van der Waals surface area (Å²) in [5.74, 6) is -1.86. The molecule has 11 heteroatoms. The standard InChI is InChI=1S/C26H29F2N3O6/c1-15(32)31-14-17(11-21(31)24(33)29-13-18-5-4-8-20(30-18)25(34)35)16-9-10-22(37-26(27)28)23(12-16)36-19-6-2-3-7-19/h4-5,8-10,12,17,19,21,26H,2-3,6-7,11,13-14H2,1H3,(H,29,33)(H,34,35)/t17?,21-/m1/s1. The van der Waals surface area contributed by atoms with E-state index in [0.717, 1.165) is 31.2 Å². The molecule has 0 spiro atoms. The summed E-state index contributed by atoms with van der Waals surface area (Å²) >= 11 is 0. The Hall–Kier alpha value is -3.76. The first-order valence-corrected chi connectivity index (χ1v) is 12.2. The molecule has 198 valence electrons. The van der Waals surface area contributed by atoms with Gasteiger partial charge < -0.3 is 24.8 Å². The van der Waals surface area contributed by atoms with E-state index in [1.165, 1.54) is 30.0 Å². The van der Waals surface area contributed by atoms with Crippen LogP contribution in [0.15, 0.2) is 36.4 Å². The predicted molar refractivity (Wildman–Crippen MR) is 128 cm³/mol. The van der Waals surface area contributed by atoms with E-state index in [2.05, 4.69) is 15.0 Å². The van der Waals surface area contributed by atoms with Crippen molar-refractivity contribution >= 4 is 17.8 Å². The van der Waals surface area contributed by atoms with Crippen LogP contribution in [0.3, 0.4) is 0 Å². The van der Waals surface area contributed by atoms with Crippen molar-refractivity contribution in [3.8, 4) is 11.5 Å². The van der Waals surface area contributed by atoms with Crippen molar-refractivity contribution in [2.24, 2.45) is 0 Å². The van der Waals surface area contributed by atoms with Crippen molar-refractivity contribution in [2.45, 2.75) is 70.2 Å². The lowest BCUT2D eigenvalue weighted by Crippen LogP contribution is -2.45. The minimum Gasteiger partial charge on any atom is -0.487 e. The van der Waals surface area contributed by atoms with E-state index >= 15 is 0 Å². The topological polar surface area (TPSA) is 118 Å². The molecule has 1 unspecified atom stereocenters.